The average molecular weight is 293 g/mol. The minimum atomic E-state index is -3.70. The minimum Gasteiger partial charge on any atom is -0.260 e. The fourth-order valence-electron chi connectivity index (χ4n) is 2.06. The molecule has 7 heteroatoms. The molecular weight excluding hydrogens is 279 g/mol. The van der Waals surface area contributed by atoms with E-state index in [0.717, 1.165) is 37.7 Å². The molecule has 2 unspecified atom stereocenters. The van der Waals surface area contributed by atoms with E-state index in [1.807, 2.05) is 0 Å². The number of nitrogens with zero attached hydrogens (tertiary/aromatic N) is 1. The zero-order valence-electron chi connectivity index (χ0n) is 9.64. The van der Waals surface area contributed by atoms with Gasteiger partial charge in [-0.05, 0) is 24.8 Å². The number of pyridine rings is 1. The molecule has 18 heavy (non-hydrogen) atoms. The van der Waals surface area contributed by atoms with Crippen LogP contribution in [0.1, 0.15) is 19.3 Å². The van der Waals surface area contributed by atoms with E-state index in [1.54, 1.807) is 0 Å². The van der Waals surface area contributed by atoms with Crippen molar-refractivity contribution < 1.29 is 12.8 Å². The predicted octanol–water partition coefficient (Wildman–Crippen LogP) is 1.91. The van der Waals surface area contributed by atoms with Gasteiger partial charge in [-0.2, -0.15) is 0 Å². The van der Waals surface area contributed by atoms with E-state index in [0.29, 0.717) is 0 Å². The van der Waals surface area contributed by atoms with Gasteiger partial charge in [-0.25, -0.2) is 17.5 Å². The molecule has 1 aliphatic carbocycles. The highest BCUT2D eigenvalue weighted by atomic mass is 35.5. The third-order valence-corrected chi connectivity index (χ3v) is 5.06. The van der Waals surface area contributed by atoms with Crippen LogP contribution in [0.2, 0.25) is 0 Å². The van der Waals surface area contributed by atoms with Crippen LogP contribution in [0.4, 0.5) is 4.39 Å². The largest absolute Gasteiger partial charge is 0.260 e. The van der Waals surface area contributed by atoms with Gasteiger partial charge in [0.1, 0.15) is 10.7 Å². The molecule has 0 aliphatic heterocycles. The number of sulfonamides is 1. The maximum atomic E-state index is 12.9. The summed E-state index contributed by atoms with van der Waals surface area (Å²) >= 11 is 6.07. The Morgan fingerprint density at radius 1 is 1.44 bits per heavy atom. The molecule has 2 rings (SSSR count). The number of alkyl halides is 1. The van der Waals surface area contributed by atoms with Gasteiger partial charge < -0.3 is 0 Å². The maximum Gasteiger partial charge on any atom is 0.242 e. The van der Waals surface area contributed by atoms with Crippen molar-refractivity contribution in [2.75, 3.05) is 6.54 Å². The molecule has 0 radical (unpaired) electrons. The number of nitrogens with one attached hydrogen (secondary N) is 1. The zero-order valence-corrected chi connectivity index (χ0v) is 11.2. The molecule has 0 spiro atoms. The molecule has 100 valence electrons. The molecular formula is C11H14ClFN2O2S. The summed E-state index contributed by atoms with van der Waals surface area (Å²) in [5.41, 5.74) is 0. The molecule has 1 aromatic rings. The second-order valence-corrected chi connectivity index (χ2v) is 6.73. The highest BCUT2D eigenvalue weighted by Crippen LogP contribution is 2.29. The molecule has 1 heterocycles. The maximum absolute atomic E-state index is 12.9. The third-order valence-electron chi connectivity index (χ3n) is 3.09. The van der Waals surface area contributed by atoms with Crippen LogP contribution in [0.3, 0.4) is 0 Å². The van der Waals surface area contributed by atoms with Crippen LogP contribution in [0.5, 0.6) is 0 Å². The molecule has 2 atom stereocenters. The van der Waals surface area contributed by atoms with E-state index in [-0.39, 0.29) is 22.7 Å². The van der Waals surface area contributed by atoms with E-state index in [9.17, 15) is 12.8 Å². The van der Waals surface area contributed by atoms with Gasteiger partial charge in [-0.1, -0.05) is 6.42 Å². The molecule has 0 aromatic carbocycles. The van der Waals surface area contributed by atoms with Crippen molar-refractivity contribution in [2.45, 2.75) is 29.5 Å². The lowest BCUT2D eigenvalue weighted by atomic mass is 10.1. The topological polar surface area (TPSA) is 59.1 Å². The molecule has 0 bridgehead atoms. The van der Waals surface area contributed by atoms with Crippen molar-refractivity contribution >= 4 is 21.6 Å². The zero-order chi connectivity index (χ0) is 13.2. The molecule has 1 aliphatic rings. The Hall–Kier alpha value is -0.720. The average Bonchev–Trinajstić information content (AvgIpc) is 2.72. The summed E-state index contributed by atoms with van der Waals surface area (Å²) in [5, 5.41) is 0.0123. The summed E-state index contributed by atoms with van der Waals surface area (Å²) in [7, 11) is -3.70. The standard InChI is InChI=1S/C11H14ClFN2O2S/c12-11-3-1-2-8(11)5-15-18(16,17)10-4-9(13)6-14-7-10/h4,6-8,11,15H,1-3,5H2. The lowest BCUT2D eigenvalue weighted by Gasteiger charge is -2.14. The van der Waals surface area contributed by atoms with Crippen molar-refractivity contribution in [3.8, 4) is 0 Å². The molecule has 1 N–H and O–H groups in total. The number of rotatable bonds is 4. The SMILES string of the molecule is O=S(=O)(NCC1CCCC1Cl)c1cncc(F)c1. The van der Waals surface area contributed by atoms with Crippen molar-refractivity contribution in [2.24, 2.45) is 5.92 Å². The first-order valence-corrected chi connectivity index (χ1v) is 7.65. The molecule has 0 amide bonds. The molecule has 4 nitrogen and oxygen atoms in total. The van der Waals surface area contributed by atoms with E-state index in [4.69, 9.17) is 11.6 Å². The van der Waals surface area contributed by atoms with Gasteiger partial charge >= 0.3 is 0 Å². The van der Waals surface area contributed by atoms with Gasteiger partial charge in [0.25, 0.3) is 0 Å². The molecule has 0 saturated heterocycles. The summed E-state index contributed by atoms with van der Waals surface area (Å²) in [6.07, 6.45) is 4.93. The highest BCUT2D eigenvalue weighted by molar-refractivity contribution is 7.89. The molecule has 1 aromatic heterocycles. The minimum absolute atomic E-state index is 0.0123. The monoisotopic (exact) mass is 292 g/mol. The smallest absolute Gasteiger partial charge is 0.242 e. The number of hydrogen-bond acceptors (Lipinski definition) is 3. The Morgan fingerprint density at radius 2 is 2.22 bits per heavy atom. The van der Waals surface area contributed by atoms with E-state index in [1.165, 1.54) is 0 Å². The Balaban J connectivity index is 2.03. The normalized spacial score (nSPS) is 24.3. The number of aromatic nitrogens is 1. The van der Waals surface area contributed by atoms with Crippen LogP contribution in [-0.4, -0.2) is 25.3 Å². The summed E-state index contributed by atoms with van der Waals surface area (Å²) < 4.78 is 39.2. The van der Waals surface area contributed by atoms with Crippen molar-refractivity contribution in [3.63, 3.8) is 0 Å². The van der Waals surface area contributed by atoms with E-state index >= 15 is 0 Å². The second kappa shape index (κ2) is 5.50. The first kappa shape index (κ1) is 13.7. The summed E-state index contributed by atoms with van der Waals surface area (Å²) in [6, 6.07) is 0.947. The van der Waals surface area contributed by atoms with Crippen LogP contribution >= 0.6 is 11.6 Å². The Labute approximate surface area is 111 Å². The van der Waals surface area contributed by atoms with Crippen LogP contribution in [-0.2, 0) is 10.0 Å². The van der Waals surface area contributed by atoms with Crippen molar-refractivity contribution in [1.29, 1.82) is 0 Å². The predicted molar refractivity (Wildman–Crippen MR) is 66.4 cm³/mol. The van der Waals surface area contributed by atoms with Crippen molar-refractivity contribution in [1.82, 2.24) is 9.71 Å². The van der Waals surface area contributed by atoms with Crippen LogP contribution < -0.4 is 4.72 Å². The van der Waals surface area contributed by atoms with E-state index < -0.39 is 15.8 Å². The van der Waals surface area contributed by atoms with E-state index in [2.05, 4.69) is 9.71 Å². The first-order chi connectivity index (χ1) is 8.49. The fraction of sp³-hybridized carbons (Fsp3) is 0.545. The summed E-state index contributed by atoms with van der Waals surface area (Å²) in [5.74, 6) is -0.531. The Bertz CT molecular complexity index is 524. The van der Waals surface area contributed by atoms with Crippen molar-refractivity contribution in [3.05, 3.63) is 24.3 Å². The van der Waals surface area contributed by atoms with Gasteiger partial charge in [0.05, 0.1) is 6.20 Å². The summed E-state index contributed by atoms with van der Waals surface area (Å²) in [6.45, 7) is 0.285. The Kier molecular flexibility index (Phi) is 4.19. The lowest BCUT2D eigenvalue weighted by Crippen LogP contribution is -2.31. The molecule has 1 saturated carbocycles. The van der Waals surface area contributed by atoms with Crippen LogP contribution in [0, 0.1) is 11.7 Å². The van der Waals surface area contributed by atoms with Crippen LogP contribution in [0.25, 0.3) is 0 Å². The van der Waals surface area contributed by atoms with Gasteiger partial charge in [-0.15, -0.1) is 11.6 Å². The van der Waals surface area contributed by atoms with Gasteiger partial charge in [-0.3, -0.25) is 4.98 Å². The fourth-order valence-corrected chi connectivity index (χ4v) is 3.50. The summed E-state index contributed by atoms with van der Waals surface area (Å²) in [4.78, 5) is 3.36. The second-order valence-electron chi connectivity index (χ2n) is 4.40. The first-order valence-electron chi connectivity index (χ1n) is 5.73. The highest BCUT2D eigenvalue weighted by Gasteiger charge is 2.27. The van der Waals surface area contributed by atoms with Gasteiger partial charge in [0, 0.05) is 18.1 Å². The number of hydrogen-bond donors (Lipinski definition) is 1. The Morgan fingerprint density at radius 3 is 2.83 bits per heavy atom. The quantitative estimate of drug-likeness (QED) is 0.863. The molecule has 1 fully saturated rings. The lowest BCUT2D eigenvalue weighted by molar-refractivity contribution is 0.522. The van der Waals surface area contributed by atoms with Gasteiger partial charge in [0.2, 0.25) is 10.0 Å². The van der Waals surface area contributed by atoms with Gasteiger partial charge in [0.15, 0.2) is 0 Å². The number of halogens is 2. The third kappa shape index (κ3) is 3.18. The van der Waals surface area contributed by atoms with Crippen LogP contribution in [0.15, 0.2) is 23.4 Å².